The zero-order chi connectivity index (χ0) is 32.1. The Morgan fingerprint density at radius 2 is 1.09 bits per heavy atom. The van der Waals surface area contributed by atoms with E-state index in [0.717, 1.165) is 63.5 Å². The average molecular weight is 640 g/mol. The second kappa shape index (κ2) is 18.5. The van der Waals surface area contributed by atoms with E-state index in [1.807, 2.05) is 24.6 Å². The fraction of sp³-hybridized carbons (Fsp3) is 0.529. The Morgan fingerprint density at radius 3 is 1.40 bits per heavy atom. The number of phenols is 2. The first-order valence-electron chi connectivity index (χ1n) is 14.4. The smallest absolute Gasteiger partial charge is 0.550 e. The van der Waals surface area contributed by atoms with Gasteiger partial charge in [-0.05, 0) is 98.6 Å². The van der Waals surface area contributed by atoms with E-state index in [1.165, 1.54) is 11.1 Å². The standard InChI is InChI=1S/C30H42N2O2.2C2H4O2.Co/c1-29(2,3)17-21-10-12-27(33)23(14-21)19-31-25-8-7-9-26(16-25)32-20-24-15-22(11-13-28(24)34)18-30(4,5)6;2*1-2(3)4;/h10-15,19-20,25-26,33-34H,7-9,16-18H2,1-6H3;2*1H3,(H,3,4);/q;;;+2/p-2. The number of nitrogens with zero attached hydrogens (tertiary/aromatic N) is 2. The summed E-state index contributed by atoms with van der Waals surface area (Å²) in [5.74, 6) is -1.62. The molecular weight excluding hydrogens is 591 g/mol. The van der Waals surface area contributed by atoms with Gasteiger partial charge in [-0.25, -0.2) is 0 Å². The van der Waals surface area contributed by atoms with Crippen molar-refractivity contribution in [3.63, 3.8) is 0 Å². The summed E-state index contributed by atoms with van der Waals surface area (Å²) in [5.41, 5.74) is 4.39. The quantitative estimate of drug-likeness (QED) is 0.441. The molecule has 0 aliphatic heterocycles. The monoisotopic (exact) mass is 639 g/mol. The molecule has 1 saturated carbocycles. The van der Waals surface area contributed by atoms with Gasteiger partial charge in [-0.2, -0.15) is 0 Å². The van der Waals surface area contributed by atoms with Gasteiger partial charge in [-0.15, -0.1) is 0 Å². The molecule has 43 heavy (non-hydrogen) atoms. The predicted octanol–water partition coefficient (Wildman–Crippen LogP) is 4.63. The third kappa shape index (κ3) is 18.9. The van der Waals surface area contributed by atoms with Crippen molar-refractivity contribution in [2.24, 2.45) is 20.8 Å². The van der Waals surface area contributed by atoms with Crippen LogP contribution in [0, 0.1) is 10.8 Å². The van der Waals surface area contributed by atoms with Crippen molar-refractivity contribution >= 4 is 24.4 Å². The molecule has 0 heterocycles. The molecule has 0 spiro atoms. The van der Waals surface area contributed by atoms with Crippen LogP contribution in [-0.4, -0.2) is 46.7 Å². The Kier molecular flexibility index (Phi) is 17.1. The zero-order valence-electron chi connectivity index (χ0n) is 26.8. The SMILES string of the molecule is CC(=O)[O-].CC(=O)[O-].CC(C)(C)Cc1ccc(O)c(C=NC2CCCC(N=Cc3cc(CC(C)(C)C)ccc3O)C2)c1.[Co+2]. The number of aliphatic carboxylic acids is 2. The molecule has 2 atom stereocenters. The maximum absolute atomic E-state index is 10.3. The molecule has 1 aliphatic rings. The number of aromatic hydroxyl groups is 2. The minimum atomic E-state index is -1.08. The summed E-state index contributed by atoms with van der Waals surface area (Å²) in [5, 5.41) is 38.4. The van der Waals surface area contributed by atoms with Gasteiger partial charge in [0.15, 0.2) is 0 Å². The number of hydrogen-bond donors (Lipinski definition) is 2. The van der Waals surface area contributed by atoms with Crippen molar-refractivity contribution in [2.45, 2.75) is 106 Å². The molecule has 239 valence electrons. The molecule has 1 aliphatic carbocycles. The van der Waals surface area contributed by atoms with Crippen molar-refractivity contribution in [3.05, 3.63) is 58.7 Å². The van der Waals surface area contributed by atoms with Gasteiger partial charge < -0.3 is 30.0 Å². The summed E-state index contributed by atoms with van der Waals surface area (Å²) < 4.78 is 0. The molecule has 0 aromatic heterocycles. The predicted molar refractivity (Wildman–Crippen MR) is 165 cm³/mol. The summed E-state index contributed by atoms with van der Waals surface area (Å²) in [6.45, 7) is 15.3. The topological polar surface area (TPSA) is 145 Å². The molecule has 3 rings (SSSR count). The molecule has 0 saturated heterocycles. The van der Waals surface area contributed by atoms with Gasteiger partial charge in [0.25, 0.3) is 0 Å². The number of aliphatic imine (C=N–C) groups is 2. The van der Waals surface area contributed by atoms with Crippen molar-refractivity contribution in [3.8, 4) is 11.5 Å². The van der Waals surface area contributed by atoms with Crippen LogP contribution < -0.4 is 10.2 Å². The fourth-order valence-corrected chi connectivity index (χ4v) is 4.64. The van der Waals surface area contributed by atoms with Crippen molar-refractivity contribution in [1.82, 2.24) is 0 Å². The third-order valence-corrected chi connectivity index (χ3v) is 6.12. The Balaban J connectivity index is 0.00000174. The molecule has 2 aromatic carbocycles. The molecule has 2 aromatic rings. The van der Waals surface area contributed by atoms with E-state index in [0.29, 0.717) is 0 Å². The van der Waals surface area contributed by atoms with E-state index in [-0.39, 0.29) is 51.2 Å². The minimum absolute atomic E-state index is 0. The molecule has 2 N–H and O–H groups in total. The van der Waals surface area contributed by atoms with Crippen LogP contribution in [0.1, 0.15) is 103 Å². The molecule has 8 nitrogen and oxygen atoms in total. The third-order valence-electron chi connectivity index (χ3n) is 6.12. The first-order valence-corrected chi connectivity index (χ1v) is 14.4. The van der Waals surface area contributed by atoms with Gasteiger partial charge >= 0.3 is 16.8 Å². The Hall–Kier alpha value is -3.17. The van der Waals surface area contributed by atoms with Gasteiger partial charge in [0.1, 0.15) is 11.5 Å². The van der Waals surface area contributed by atoms with E-state index in [2.05, 4.69) is 53.7 Å². The van der Waals surface area contributed by atoms with Gasteiger partial charge in [0, 0.05) is 35.5 Å². The largest absolute Gasteiger partial charge is 2.00 e. The van der Waals surface area contributed by atoms with E-state index in [9.17, 15) is 10.2 Å². The zero-order valence-corrected chi connectivity index (χ0v) is 27.8. The van der Waals surface area contributed by atoms with Crippen LogP contribution in [0.5, 0.6) is 11.5 Å². The van der Waals surface area contributed by atoms with Gasteiger partial charge in [0.05, 0.1) is 12.1 Å². The van der Waals surface area contributed by atoms with E-state index < -0.39 is 11.9 Å². The number of carbonyl (C=O) groups excluding carboxylic acids is 2. The van der Waals surface area contributed by atoms with Crippen LogP contribution in [0.3, 0.4) is 0 Å². The molecule has 9 heteroatoms. The van der Waals surface area contributed by atoms with Crippen LogP contribution in [0.25, 0.3) is 0 Å². The molecule has 1 radical (unpaired) electrons. The van der Waals surface area contributed by atoms with Crippen LogP contribution in [0.15, 0.2) is 46.4 Å². The Labute approximate surface area is 267 Å². The van der Waals surface area contributed by atoms with Crippen LogP contribution in [0.2, 0.25) is 0 Å². The molecule has 1 fully saturated rings. The number of benzene rings is 2. The summed E-state index contributed by atoms with van der Waals surface area (Å²) in [6.07, 6.45) is 9.62. The summed E-state index contributed by atoms with van der Waals surface area (Å²) in [7, 11) is 0. The van der Waals surface area contributed by atoms with Crippen molar-refractivity contribution in [2.75, 3.05) is 0 Å². The summed E-state index contributed by atoms with van der Waals surface area (Å²) >= 11 is 0. The molecule has 2 unspecified atom stereocenters. The number of rotatable bonds is 6. The first-order chi connectivity index (χ1) is 19.3. The van der Waals surface area contributed by atoms with Gasteiger partial charge in [0.2, 0.25) is 0 Å². The number of carboxylic acids is 2. The van der Waals surface area contributed by atoms with Gasteiger partial charge in [-0.3, -0.25) is 9.98 Å². The summed E-state index contributed by atoms with van der Waals surface area (Å²) in [6, 6.07) is 12.0. The van der Waals surface area contributed by atoms with Crippen LogP contribution in [-0.2, 0) is 39.2 Å². The minimum Gasteiger partial charge on any atom is -0.550 e. The maximum Gasteiger partial charge on any atom is 2.00 e. The number of phenolic OH excluding ortho intramolecular Hbond substituents is 2. The Bertz CT molecular complexity index is 1130. The number of carboxylic acid groups (broad SMARTS) is 2. The van der Waals surface area contributed by atoms with E-state index >= 15 is 0 Å². The Morgan fingerprint density at radius 1 is 0.767 bits per heavy atom. The molecule has 0 amide bonds. The summed E-state index contributed by atoms with van der Waals surface area (Å²) in [4.78, 5) is 27.4. The molecule has 0 bridgehead atoms. The molecular formula is C34H48CoN2O6. The second-order valence-corrected chi connectivity index (χ2v) is 13.3. The number of carbonyl (C=O) groups is 2. The van der Waals surface area contributed by atoms with Gasteiger partial charge in [-0.1, -0.05) is 53.7 Å². The van der Waals surface area contributed by atoms with Crippen LogP contribution >= 0.6 is 0 Å². The number of hydrogen-bond acceptors (Lipinski definition) is 8. The van der Waals surface area contributed by atoms with Crippen LogP contribution in [0.4, 0.5) is 0 Å². The first kappa shape index (κ1) is 39.8. The fourth-order valence-electron chi connectivity index (χ4n) is 4.64. The normalized spacial score (nSPS) is 16.8. The van der Waals surface area contributed by atoms with Crippen molar-refractivity contribution in [1.29, 1.82) is 0 Å². The van der Waals surface area contributed by atoms with Crippen molar-refractivity contribution < 1.29 is 46.8 Å². The second-order valence-electron chi connectivity index (χ2n) is 13.3. The van der Waals surface area contributed by atoms with E-state index in [1.54, 1.807) is 12.1 Å². The maximum atomic E-state index is 10.3. The average Bonchev–Trinajstić information content (AvgIpc) is 2.82. The van der Waals surface area contributed by atoms with E-state index in [4.69, 9.17) is 29.8 Å².